The molecule has 0 aromatic heterocycles. The average molecular weight is 308 g/mol. The maximum atomic E-state index is 14.4. The SMILES string of the molecule is COc1ccc(C(OC)C(F)(F)COc2ccccc2)cc1. The minimum absolute atomic E-state index is 0.366. The zero-order chi connectivity index (χ0) is 16.0. The van der Waals surface area contributed by atoms with Crippen LogP contribution < -0.4 is 9.47 Å². The average Bonchev–Trinajstić information content (AvgIpc) is 2.55. The Morgan fingerprint density at radius 3 is 2.09 bits per heavy atom. The lowest BCUT2D eigenvalue weighted by Crippen LogP contribution is -2.34. The summed E-state index contributed by atoms with van der Waals surface area (Å²) in [4.78, 5) is 0. The molecule has 0 saturated heterocycles. The molecule has 0 amide bonds. The first-order valence-electron chi connectivity index (χ1n) is 6.79. The maximum absolute atomic E-state index is 14.4. The van der Waals surface area contributed by atoms with Gasteiger partial charge in [-0.05, 0) is 29.8 Å². The fraction of sp³-hybridized carbons (Fsp3) is 0.294. The molecule has 0 N–H and O–H groups in total. The number of methoxy groups -OCH3 is 2. The fourth-order valence-corrected chi connectivity index (χ4v) is 2.10. The molecule has 0 saturated carbocycles. The Morgan fingerprint density at radius 1 is 0.909 bits per heavy atom. The van der Waals surface area contributed by atoms with Crippen molar-refractivity contribution in [2.75, 3.05) is 20.8 Å². The second kappa shape index (κ2) is 7.22. The van der Waals surface area contributed by atoms with Crippen molar-refractivity contribution < 1.29 is 23.0 Å². The second-order valence-corrected chi connectivity index (χ2v) is 4.75. The van der Waals surface area contributed by atoms with Crippen LogP contribution in [0.25, 0.3) is 0 Å². The number of rotatable bonds is 7. The van der Waals surface area contributed by atoms with Crippen molar-refractivity contribution >= 4 is 0 Å². The maximum Gasteiger partial charge on any atom is 0.310 e. The van der Waals surface area contributed by atoms with Crippen LogP contribution in [0.3, 0.4) is 0 Å². The zero-order valence-electron chi connectivity index (χ0n) is 12.5. The highest BCUT2D eigenvalue weighted by molar-refractivity contribution is 5.29. The Labute approximate surface area is 128 Å². The van der Waals surface area contributed by atoms with Crippen LogP contribution in [0, 0.1) is 0 Å². The molecule has 1 atom stereocenters. The van der Waals surface area contributed by atoms with Gasteiger partial charge in [-0.2, -0.15) is 8.78 Å². The minimum atomic E-state index is -3.17. The van der Waals surface area contributed by atoms with Crippen molar-refractivity contribution in [3.8, 4) is 11.5 Å². The molecule has 2 aromatic rings. The molecule has 1 unspecified atom stereocenters. The molecule has 0 aliphatic carbocycles. The van der Waals surface area contributed by atoms with Crippen LogP contribution in [0.15, 0.2) is 54.6 Å². The molecular weight excluding hydrogens is 290 g/mol. The predicted octanol–water partition coefficient (Wildman–Crippen LogP) is 4.10. The van der Waals surface area contributed by atoms with Gasteiger partial charge in [-0.3, -0.25) is 0 Å². The highest BCUT2D eigenvalue weighted by Gasteiger charge is 2.42. The molecule has 0 aliphatic heterocycles. The van der Waals surface area contributed by atoms with Crippen LogP contribution in [0.4, 0.5) is 8.78 Å². The Hall–Kier alpha value is -2.14. The summed E-state index contributed by atoms with van der Waals surface area (Å²) in [6, 6.07) is 14.9. The number of halogens is 2. The summed E-state index contributed by atoms with van der Waals surface area (Å²) in [5.41, 5.74) is 0.366. The van der Waals surface area contributed by atoms with Gasteiger partial charge in [-0.25, -0.2) is 0 Å². The molecule has 0 spiro atoms. The fourth-order valence-electron chi connectivity index (χ4n) is 2.10. The third-order valence-corrected chi connectivity index (χ3v) is 3.21. The van der Waals surface area contributed by atoms with Crippen LogP contribution >= 0.6 is 0 Å². The van der Waals surface area contributed by atoms with Gasteiger partial charge in [0.05, 0.1) is 7.11 Å². The van der Waals surface area contributed by atoms with E-state index in [1.807, 2.05) is 0 Å². The molecule has 118 valence electrons. The third kappa shape index (κ3) is 3.95. The van der Waals surface area contributed by atoms with Crippen LogP contribution in [-0.2, 0) is 4.74 Å². The van der Waals surface area contributed by atoms with Crippen molar-refractivity contribution in [3.05, 3.63) is 60.2 Å². The standard InChI is InChI=1S/C17H18F2O3/c1-20-14-10-8-13(9-11-14)16(21-2)17(18,19)12-22-15-6-4-3-5-7-15/h3-11,16H,12H2,1-2H3. The molecule has 3 nitrogen and oxygen atoms in total. The lowest BCUT2D eigenvalue weighted by molar-refractivity contribution is -0.146. The van der Waals surface area contributed by atoms with E-state index in [1.54, 1.807) is 54.6 Å². The summed E-state index contributed by atoms with van der Waals surface area (Å²) >= 11 is 0. The van der Waals surface area contributed by atoms with Gasteiger partial charge in [-0.15, -0.1) is 0 Å². The largest absolute Gasteiger partial charge is 0.497 e. The Kier molecular flexibility index (Phi) is 5.33. The first-order valence-corrected chi connectivity index (χ1v) is 6.79. The van der Waals surface area contributed by atoms with Gasteiger partial charge < -0.3 is 14.2 Å². The molecule has 0 heterocycles. The second-order valence-electron chi connectivity index (χ2n) is 4.75. The Morgan fingerprint density at radius 2 is 1.55 bits per heavy atom. The summed E-state index contributed by atoms with van der Waals surface area (Å²) in [5.74, 6) is -2.17. The van der Waals surface area contributed by atoms with Gasteiger partial charge >= 0.3 is 5.92 Å². The number of hydrogen-bond donors (Lipinski definition) is 0. The lowest BCUT2D eigenvalue weighted by atomic mass is 10.0. The van der Waals surface area contributed by atoms with Gasteiger partial charge in [-0.1, -0.05) is 30.3 Å². The number of hydrogen-bond acceptors (Lipinski definition) is 3. The molecule has 0 bridgehead atoms. The molecule has 2 aromatic carbocycles. The van der Waals surface area contributed by atoms with E-state index >= 15 is 0 Å². The van der Waals surface area contributed by atoms with Crippen molar-refractivity contribution in [2.45, 2.75) is 12.0 Å². The number of alkyl halides is 2. The van der Waals surface area contributed by atoms with Gasteiger partial charge in [0.1, 0.15) is 17.6 Å². The molecule has 0 aliphatic rings. The smallest absolute Gasteiger partial charge is 0.310 e. The molecule has 22 heavy (non-hydrogen) atoms. The first kappa shape index (κ1) is 16.2. The van der Waals surface area contributed by atoms with E-state index in [9.17, 15) is 8.78 Å². The van der Waals surface area contributed by atoms with Gasteiger partial charge in [0.25, 0.3) is 0 Å². The van der Waals surface area contributed by atoms with E-state index in [1.165, 1.54) is 14.2 Å². The quantitative estimate of drug-likeness (QED) is 0.771. The summed E-state index contributed by atoms with van der Waals surface area (Å²) < 4.78 is 43.9. The monoisotopic (exact) mass is 308 g/mol. The highest BCUT2D eigenvalue weighted by Crippen LogP contribution is 2.35. The summed E-state index contributed by atoms with van der Waals surface area (Å²) in [6.07, 6.45) is -1.39. The molecule has 0 fully saturated rings. The topological polar surface area (TPSA) is 27.7 Å². The molecule has 0 radical (unpaired) electrons. The number of ether oxygens (including phenoxy) is 3. The van der Waals surface area contributed by atoms with Crippen molar-refractivity contribution in [3.63, 3.8) is 0 Å². The van der Waals surface area contributed by atoms with E-state index in [2.05, 4.69) is 0 Å². The van der Waals surface area contributed by atoms with E-state index in [-0.39, 0.29) is 0 Å². The van der Waals surface area contributed by atoms with Crippen LogP contribution in [0.5, 0.6) is 11.5 Å². The van der Waals surface area contributed by atoms with Gasteiger partial charge in [0.2, 0.25) is 0 Å². The Bertz CT molecular complexity index is 570. The van der Waals surface area contributed by atoms with Crippen molar-refractivity contribution in [1.82, 2.24) is 0 Å². The molecule has 2 rings (SSSR count). The molecular formula is C17H18F2O3. The van der Waals surface area contributed by atoms with E-state index < -0.39 is 18.6 Å². The van der Waals surface area contributed by atoms with Crippen LogP contribution in [0.2, 0.25) is 0 Å². The number of benzene rings is 2. The first-order chi connectivity index (χ1) is 10.6. The Balaban J connectivity index is 2.09. The minimum Gasteiger partial charge on any atom is -0.497 e. The zero-order valence-corrected chi connectivity index (χ0v) is 12.5. The lowest BCUT2D eigenvalue weighted by Gasteiger charge is -2.26. The normalized spacial score (nSPS) is 12.7. The summed E-state index contributed by atoms with van der Waals surface area (Å²) in [5, 5.41) is 0. The van der Waals surface area contributed by atoms with E-state index in [0.29, 0.717) is 17.1 Å². The van der Waals surface area contributed by atoms with Gasteiger partial charge in [0.15, 0.2) is 6.61 Å². The van der Waals surface area contributed by atoms with Crippen molar-refractivity contribution in [1.29, 1.82) is 0 Å². The third-order valence-electron chi connectivity index (χ3n) is 3.21. The molecule has 5 heteroatoms. The van der Waals surface area contributed by atoms with Crippen molar-refractivity contribution in [2.24, 2.45) is 0 Å². The summed E-state index contributed by atoms with van der Waals surface area (Å²) in [7, 11) is 2.77. The highest BCUT2D eigenvalue weighted by atomic mass is 19.3. The van der Waals surface area contributed by atoms with E-state index in [4.69, 9.17) is 14.2 Å². The predicted molar refractivity (Wildman–Crippen MR) is 79.6 cm³/mol. The van der Waals surface area contributed by atoms with Gasteiger partial charge in [0, 0.05) is 7.11 Å². The number of para-hydroxylation sites is 1. The van der Waals surface area contributed by atoms with E-state index in [0.717, 1.165) is 0 Å². The summed E-state index contributed by atoms with van der Waals surface area (Å²) in [6.45, 7) is -0.762. The van der Waals surface area contributed by atoms with Crippen LogP contribution in [0.1, 0.15) is 11.7 Å². The van der Waals surface area contributed by atoms with Crippen LogP contribution in [-0.4, -0.2) is 26.7 Å².